The molecule has 130 valence electrons. The van der Waals surface area contributed by atoms with Gasteiger partial charge in [-0.05, 0) is 48.7 Å². The van der Waals surface area contributed by atoms with E-state index in [2.05, 4.69) is 5.32 Å². The molecule has 1 fully saturated rings. The number of anilines is 2. The molecule has 6 heteroatoms. The van der Waals surface area contributed by atoms with Gasteiger partial charge in [0, 0.05) is 30.8 Å². The number of rotatable bonds is 5. The molecule has 0 aromatic heterocycles. The Bertz CT molecular complexity index is 791. The Hall–Kier alpha value is -2.04. The first-order valence-electron chi connectivity index (χ1n) is 8.18. The predicted octanol–water partition coefficient (Wildman–Crippen LogP) is 4.69. The van der Waals surface area contributed by atoms with Crippen LogP contribution in [0.25, 0.3) is 0 Å². The summed E-state index contributed by atoms with van der Waals surface area (Å²) in [5, 5.41) is 3.85. The highest BCUT2D eigenvalue weighted by Gasteiger charge is 2.21. The maximum atomic E-state index is 12.1. The van der Waals surface area contributed by atoms with Crippen LogP contribution in [-0.2, 0) is 16.0 Å². The highest BCUT2D eigenvalue weighted by atomic mass is 35.5. The zero-order chi connectivity index (χ0) is 17.8. The van der Waals surface area contributed by atoms with Gasteiger partial charge in [0.15, 0.2) is 0 Å². The highest BCUT2D eigenvalue weighted by molar-refractivity contribution is 6.42. The van der Waals surface area contributed by atoms with Crippen LogP contribution in [0.3, 0.4) is 0 Å². The third-order valence-corrected chi connectivity index (χ3v) is 5.05. The summed E-state index contributed by atoms with van der Waals surface area (Å²) in [7, 11) is 0. The van der Waals surface area contributed by atoms with Crippen LogP contribution in [0.2, 0.25) is 10.0 Å². The monoisotopic (exact) mass is 376 g/mol. The fourth-order valence-electron chi connectivity index (χ4n) is 2.86. The van der Waals surface area contributed by atoms with Gasteiger partial charge in [-0.2, -0.15) is 0 Å². The zero-order valence-electron chi connectivity index (χ0n) is 13.6. The van der Waals surface area contributed by atoms with Crippen molar-refractivity contribution in [3.05, 3.63) is 58.1 Å². The van der Waals surface area contributed by atoms with E-state index in [-0.39, 0.29) is 11.8 Å². The largest absolute Gasteiger partial charge is 0.326 e. The van der Waals surface area contributed by atoms with Gasteiger partial charge in [0.25, 0.3) is 0 Å². The van der Waals surface area contributed by atoms with Crippen molar-refractivity contribution in [2.24, 2.45) is 0 Å². The van der Waals surface area contributed by atoms with Crippen molar-refractivity contribution < 1.29 is 9.59 Å². The van der Waals surface area contributed by atoms with E-state index in [1.54, 1.807) is 11.0 Å². The van der Waals surface area contributed by atoms with Crippen LogP contribution in [0.1, 0.15) is 24.8 Å². The Labute approximate surface area is 156 Å². The Morgan fingerprint density at radius 1 is 1.12 bits per heavy atom. The molecule has 2 aromatic carbocycles. The maximum absolute atomic E-state index is 12.1. The maximum Gasteiger partial charge on any atom is 0.227 e. The molecule has 1 aliphatic rings. The SMILES string of the molecule is O=C(CCc1cccc(Cl)c1Cl)Nc1ccc(N2CCCC2=O)cc1. The summed E-state index contributed by atoms with van der Waals surface area (Å²) in [4.78, 5) is 25.6. The van der Waals surface area contributed by atoms with Crippen molar-refractivity contribution in [3.8, 4) is 0 Å². The van der Waals surface area contributed by atoms with E-state index in [1.165, 1.54) is 0 Å². The summed E-state index contributed by atoms with van der Waals surface area (Å²) in [5.41, 5.74) is 2.43. The number of halogens is 2. The van der Waals surface area contributed by atoms with E-state index in [0.29, 0.717) is 35.0 Å². The van der Waals surface area contributed by atoms with Crippen LogP contribution >= 0.6 is 23.2 Å². The number of benzene rings is 2. The standard InChI is InChI=1S/C19H18Cl2N2O2/c20-16-4-1-3-13(19(16)21)6-11-17(24)22-14-7-9-15(10-8-14)23-12-2-5-18(23)25/h1,3-4,7-10H,2,5-6,11-12H2,(H,22,24). The Morgan fingerprint density at radius 3 is 2.56 bits per heavy atom. The first kappa shape index (κ1) is 17.8. The number of nitrogens with one attached hydrogen (secondary N) is 1. The quantitative estimate of drug-likeness (QED) is 0.822. The smallest absolute Gasteiger partial charge is 0.227 e. The molecule has 3 rings (SSSR count). The van der Waals surface area contributed by atoms with E-state index < -0.39 is 0 Å². The van der Waals surface area contributed by atoms with E-state index in [1.807, 2.05) is 36.4 Å². The summed E-state index contributed by atoms with van der Waals surface area (Å²) < 4.78 is 0. The molecule has 2 aromatic rings. The van der Waals surface area contributed by atoms with Gasteiger partial charge in [-0.25, -0.2) is 0 Å². The minimum Gasteiger partial charge on any atom is -0.326 e. The van der Waals surface area contributed by atoms with Gasteiger partial charge in [0.05, 0.1) is 10.0 Å². The van der Waals surface area contributed by atoms with Crippen molar-refractivity contribution in [2.75, 3.05) is 16.8 Å². The minimum atomic E-state index is -0.0963. The van der Waals surface area contributed by atoms with Crippen LogP contribution in [0.5, 0.6) is 0 Å². The van der Waals surface area contributed by atoms with E-state index in [4.69, 9.17) is 23.2 Å². The summed E-state index contributed by atoms with van der Waals surface area (Å²) in [5.74, 6) is 0.0521. The normalized spacial score (nSPS) is 14.0. The first-order chi connectivity index (χ1) is 12.0. The Morgan fingerprint density at radius 2 is 1.88 bits per heavy atom. The Balaban J connectivity index is 1.56. The van der Waals surface area contributed by atoms with Gasteiger partial charge in [-0.15, -0.1) is 0 Å². The molecule has 0 unspecified atom stereocenters. The molecule has 1 N–H and O–H groups in total. The number of nitrogens with zero attached hydrogens (tertiary/aromatic N) is 1. The van der Waals surface area contributed by atoms with Crippen LogP contribution in [0.4, 0.5) is 11.4 Å². The predicted molar refractivity (Wildman–Crippen MR) is 101 cm³/mol. The number of hydrogen-bond donors (Lipinski definition) is 1. The van der Waals surface area contributed by atoms with E-state index in [0.717, 1.165) is 24.2 Å². The van der Waals surface area contributed by atoms with Crippen LogP contribution < -0.4 is 10.2 Å². The molecule has 1 saturated heterocycles. The fraction of sp³-hybridized carbons (Fsp3) is 0.263. The third-order valence-electron chi connectivity index (χ3n) is 4.19. The molecule has 0 radical (unpaired) electrons. The van der Waals surface area contributed by atoms with Gasteiger partial charge in [-0.1, -0.05) is 35.3 Å². The molecule has 1 heterocycles. The lowest BCUT2D eigenvalue weighted by atomic mass is 10.1. The van der Waals surface area contributed by atoms with Gasteiger partial charge >= 0.3 is 0 Å². The molecule has 0 bridgehead atoms. The number of carbonyl (C=O) groups excluding carboxylic acids is 2. The zero-order valence-corrected chi connectivity index (χ0v) is 15.1. The molecule has 0 aliphatic carbocycles. The molecular formula is C19H18Cl2N2O2. The summed E-state index contributed by atoms with van der Waals surface area (Å²) in [6, 6.07) is 12.7. The van der Waals surface area contributed by atoms with Crippen molar-refractivity contribution >= 4 is 46.4 Å². The molecule has 2 amide bonds. The van der Waals surface area contributed by atoms with Crippen molar-refractivity contribution in [2.45, 2.75) is 25.7 Å². The van der Waals surface area contributed by atoms with Crippen LogP contribution in [-0.4, -0.2) is 18.4 Å². The van der Waals surface area contributed by atoms with Gasteiger partial charge in [0.1, 0.15) is 0 Å². The van der Waals surface area contributed by atoms with Crippen molar-refractivity contribution in [1.29, 1.82) is 0 Å². The van der Waals surface area contributed by atoms with E-state index in [9.17, 15) is 9.59 Å². The molecular weight excluding hydrogens is 359 g/mol. The number of hydrogen-bond acceptors (Lipinski definition) is 2. The van der Waals surface area contributed by atoms with Crippen LogP contribution in [0, 0.1) is 0 Å². The first-order valence-corrected chi connectivity index (χ1v) is 8.93. The van der Waals surface area contributed by atoms with Crippen molar-refractivity contribution in [3.63, 3.8) is 0 Å². The molecule has 0 atom stereocenters. The number of carbonyl (C=O) groups is 2. The van der Waals surface area contributed by atoms with E-state index >= 15 is 0 Å². The molecule has 0 saturated carbocycles. The number of amides is 2. The summed E-state index contributed by atoms with van der Waals surface area (Å²) in [6.07, 6.45) is 2.33. The second kappa shape index (κ2) is 7.89. The fourth-order valence-corrected chi connectivity index (χ4v) is 3.27. The molecule has 4 nitrogen and oxygen atoms in total. The van der Waals surface area contributed by atoms with Gasteiger partial charge in [-0.3, -0.25) is 9.59 Å². The lowest BCUT2D eigenvalue weighted by Gasteiger charge is -2.16. The second-order valence-electron chi connectivity index (χ2n) is 5.96. The molecule has 0 spiro atoms. The minimum absolute atomic E-state index is 0.0963. The Kier molecular flexibility index (Phi) is 5.61. The average Bonchev–Trinajstić information content (AvgIpc) is 3.03. The topological polar surface area (TPSA) is 49.4 Å². The lowest BCUT2D eigenvalue weighted by molar-refractivity contribution is -0.117. The van der Waals surface area contributed by atoms with Gasteiger partial charge in [0.2, 0.25) is 11.8 Å². The third kappa shape index (κ3) is 4.33. The summed E-state index contributed by atoms with van der Waals surface area (Å²) >= 11 is 12.1. The second-order valence-corrected chi connectivity index (χ2v) is 6.74. The van der Waals surface area contributed by atoms with Gasteiger partial charge < -0.3 is 10.2 Å². The molecule has 1 aliphatic heterocycles. The highest BCUT2D eigenvalue weighted by Crippen LogP contribution is 2.27. The van der Waals surface area contributed by atoms with Crippen LogP contribution in [0.15, 0.2) is 42.5 Å². The lowest BCUT2D eigenvalue weighted by Crippen LogP contribution is -2.23. The summed E-state index contributed by atoms with van der Waals surface area (Å²) in [6.45, 7) is 0.755. The number of aryl methyl sites for hydroxylation is 1. The molecule has 25 heavy (non-hydrogen) atoms. The average molecular weight is 377 g/mol. The van der Waals surface area contributed by atoms with Crippen molar-refractivity contribution in [1.82, 2.24) is 0 Å².